The molecule has 0 N–H and O–H groups in total. The van der Waals surface area contributed by atoms with Crippen molar-refractivity contribution in [3.63, 3.8) is 0 Å². The smallest absolute Gasteiger partial charge is 0.308 e. The molecule has 2 aliphatic rings. The quantitative estimate of drug-likeness (QED) is 0.185. The molecule has 0 spiro atoms. The van der Waals surface area contributed by atoms with Gasteiger partial charge in [0, 0.05) is 24.6 Å². The minimum absolute atomic E-state index is 0.0288. The fourth-order valence-corrected chi connectivity index (χ4v) is 4.98. The lowest BCUT2D eigenvalue weighted by Gasteiger charge is -2.37. The summed E-state index contributed by atoms with van der Waals surface area (Å²) in [6, 6.07) is 8.38. The van der Waals surface area contributed by atoms with Crippen molar-refractivity contribution in [1.29, 1.82) is 0 Å². The Morgan fingerprint density at radius 1 is 1.08 bits per heavy atom. The first-order valence-electron chi connectivity index (χ1n) is 11.6. The number of imide groups is 1. The van der Waals surface area contributed by atoms with Gasteiger partial charge in [0.15, 0.2) is 0 Å². The summed E-state index contributed by atoms with van der Waals surface area (Å²) < 4.78 is 5.00. The Morgan fingerprint density at radius 2 is 1.75 bits per heavy atom. The van der Waals surface area contributed by atoms with Crippen molar-refractivity contribution in [2.75, 3.05) is 4.90 Å². The van der Waals surface area contributed by atoms with Gasteiger partial charge in [0.25, 0.3) is 17.5 Å². The zero-order chi connectivity index (χ0) is 26.0. The van der Waals surface area contributed by atoms with Gasteiger partial charge in [-0.05, 0) is 49.2 Å². The van der Waals surface area contributed by atoms with Crippen LogP contribution in [0.3, 0.4) is 0 Å². The predicted octanol–water partition coefficient (Wildman–Crippen LogP) is 4.28. The molecule has 2 aromatic carbocycles. The molecule has 11 heteroatoms. The first-order chi connectivity index (χ1) is 17.2. The molecule has 10 nitrogen and oxygen atoms in total. The SMILES string of the molecule is CC(=O)Oc1ccc(N2C(=O)CC(N(C(=O)c3ccc(Cl)c([N+](=O)[O-])c3)C3CCCCC3)C2=O)cc1. The van der Waals surface area contributed by atoms with E-state index in [0.717, 1.165) is 30.2 Å². The third kappa shape index (κ3) is 5.08. The van der Waals surface area contributed by atoms with E-state index < -0.39 is 40.3 Å². The molecular formula is C25H24ClN3O7. The average molecular weight is 514 g/mol. The summed E-state index contributed by atoms with van der Waals surface area (Å²) in [5.74, 6) is -1.81. The highest BCUT2D eigenvalue weighted by molar-refractivity contribution is 6.32. The third-order valence-corrected chi connectivity index (χ3v) is 6.73. The fourth-order valence-electron chi connectivity index (χ4n) is 4.79. The summed E-state index contributed by atoms with van der Waals surface area (Å²) in [7, 11) is 0. The van der Waals surface area contributed by atoms with E-state index in [1.807, 2.05) is 0 Å². The van der Waals surface area contributed by atoms with E-state index in [-0.39, 0.29) is 28.8 Å². The fraction of sp³-hybridized carbons (Fsp3) is 0.360. The molecule has 0 aromatic heterocycles. The summed E-state index contributed by atoms with van der Waals surface area (Å²) in [4.78, 5) is 64.5. The number of esters is 1. The van der Waals surface area contributed by atoms with E-state index in [2.05, 4.69) is 0 Å². The molecule has 1 saturated heterocycles. The van der Waals surface area contributed by atoms with Crippen molar-refractivity contribution in [3.05, 3.63) is 63.2 Å². The number of carbonyl (C=O) groups excluding carboxylic acids is 4. The van der Waals surface area contributed by atoms with Crippen LogP contribution >= 0.6 is 11.6 Å². The van der Waals surface area contributed by atoms with Gasteiger partial charge in [0.05, 0.1) is 17.0 Å². The molecule has 2 fully saturated rings. The monoisotopic (exact) mass is 513 g/mol. The molecule has 36 heavy (non-hydrogen) atoms. The van der Waals surface area contributed by atoms with Gasteiger partial charge in [-0.15, -0.1) is 0 Å². The van der Waals surface area contributed by atoms with Crippen LogP contribution in [0.2, 0.25) is 5.02 Å². The number of amides is 3. The Morgan fingerprint density at radius 3 is 2.36 bits per heavy atom. The number of hydrogen-bond donors (Lipinski definition) is 0. The lowest BCUT2D eigenvalue weighted by molar-refractivity contribution is -0.384. The van der Waals surface area contributed by atoms with Gasteiger partial charge in [-0.1, -0.05) is 30.9 Å². The number of rotatable bonds is 6. The highest BCUT2D eigenvalue weighted by Crippen LogP contribution is 2.34. The van der Waals surface area contributed by atoms with Gasteiger partial charge >= 0.3 is 5.97 Å². The molecule has 1 atom stereocenters. The van der Waals surface area contributed by atoms with Crippen LogP contribution in [0.4, 0.5) is 11.4 Å². The molecular weight excluding hydrogens is 490 g/mol. The first kappa shape index (κ1) is 25.3. The van der Waals surface area contributed by atoms with Crippen LogP contribution in [0.15, 0.2) is 42.5 Å². The summed E-state index contributed by atoms with van der Waals surface area (Å²) in [5, 5.41) is 11.3. The Hall–Kier alpha value is -3.79. The Bertz CT molecular complexity index is 1220. The van der Waals surface area contributed by atoms with Gasteiger partial charge in [-0.2, -0.15) is 0 Å². The highest BCUT2D eigenvalue weighted by atomic mass is 35.5. The van der Waals surface area contributed by atoms with Crippen molar-refractivity contribution in [3.8, 4) is 5.75 Å². The van der Waals surface area contributed by atoms with Crippen molar-refractivity contribution >= 4 is 46.7 Å². The summed E-state index contributed by atoms with van der Waals surface area (Å²) in [5.41, 5.74) is -0.0860. The second-order valence-corrected chi connectivity index (χ2v) is 9.21. The molecule has 0 bridgehead atoms. The zero-order valence-electron chi connectivity index (χ0n) is 19.5. The number of carbonyl (C=O) groups is 4. The first-order valence-corrected chi connectivity index (χ1v) is 12.0. The molecule has 2 aromatic rings. The number of hydrogen-bond acceptors (Lipinski definition) is 7. The summed E-state index contributed by atoms with van der Waals surface area (Å²) in [6.07, 6.45) is 3.86. The minimum atomic E-state index is -1.05. The molecule has 3 amide bonds. The molecule has 1 saturated carbocycles. The maximum Gasteiger partial charge on any atom is 0.308 e. The van der Waals surface area contributed by atoms with Gasteiger partial charge < -0.3 is 9.64 Å². The predicted molar refractivity (Wildman–Crippen MR) is 130 cm³/mol. The third-order valence-electron chi connectivity index (χ3n) is 6.41. The number of benzene rings is 2. The van der Waals surface area contributed by atoms with Gasteiger partial charge in [0.1, 0.15) is 16.8 Å². The standard InChI is InChI=1S/C25H24ClN3O7/c1-15(30)36-19-10-8-18(9-11-19)28-23(31)14-22(25(28)33)27(17-5-3-2-4-6-17)24(32)16-7-12-20(26)21(13-16)29(34)35/h7-13,17,22H,2-6,14H2,1H3. The molecule has 1 aliphatic heterocycles. The topological polar surface area (TPSA) is 127 Å². The second kappa shape index (κ2) is 10.4. The van der Waals surface area contributed by atoms with E-state index >= 15 is 0 Å². The van der Waals surface area contributed by atoms with Crippen LogP contribution < -0.4 is 9.64 Å². The largest absolute Gasteiger partial charge is 0.427 e. The van der Waals surface area contributed by atoms with Gasteiger partial charge in [0.2, 0.25) is 5.91 Å². The maximum atomic E-state index is 13.7. The number of nitro benzene ring substituents is 1. The minimum Gasteiger partial charge on any atom is -0.427 e. The Labute approximate surface area is 211 Å². The number of ether oxygens (including phenoxy) is 1. The van der Waals surface area contributed by atoms with Gasteiger partial charge in [-0.3, -0.25) is 29.3 Å². The molecule has 1 heterocycles. The Balaban J connectivity index is 1.66. The number of nitro groups is 1. The zero-order valence-corrected chi connectivity index (χ0v) is 20.3. The van der Waals surface area contributed by atoms with Crippen molar-refractivity contribution in [1.82, 2.24) is 4.90 Å². The molecule has 1 unspecified atom stereocenters. The van der Waals surface area contributed by atoms with Crippen LogP contribution in [-0.4, -0.2) is 45.6 Å². The van der Waals surface area contributed by atoms with Crippen LogP contribution in [0.5, 0.6) is 5.75 Å². The van der Waals surface area contributed by atoms with Crippen LogP contribution in [0.1, 0.15) is 55.8 Å². The lowest BCUT2D eigenvalue weighted by atomic mass is 9.92. The van der Waals surface area contributed by atoms with E-state index in [1.165, 1.54) is 48.2 Å². The lowest BCUT2D eigenvalue weighted by Crippen LogP contribution is -2.51. The number of anilines is 1. The average Bonchev–Trinajstić information content (AvgIpc) is 3.13. The molecule has 1 aliphatic carbocycles. The van der Waals surface area contributed by atoms with Crippen LogP contribution in [0, 0.1) is 10.1 Å². The van der Waals surface area contributed by atoms with E-state index in [4.69, 9.17) is 16.3 Å². The number of nitrogens with zero attached hydrogens (tertiary/aromatic N) is 3. The normalized spacial score (nSPS) is 18.3. The van der Waals surface area contributed by atoms with E-state index in [0.29, 0.717) is 18.5 Å². The van der Waals surface area contributed by atoms with Crippen LogP contribution in [-0.2, 0) is 14.4 Å². The molecule has 188 valence electrons. The van der Waals surface area contributed by atoms with Crippen LogP contribution in [0.25, 0.3) is 0 Å². The Kier molecular flexibility index (Phi) is 7.35. The number of halogens is 1. The summed E-state index contributed by atoms with van der Waals surface area (Å²) in [6.45, 7) is 1.26. The second-order valence-electron chi connectivity index (χ2n) is 8.80. The van der Waals surface area contributed by atoms with Gasteiger partial charge in [-0.25, -0.2) is 4.90 Å². The van der Waals surface area contributed by atoms with E-state index in [9.17, 15) is 29.3 Å². The van der Waals surface area contributed by atoms with Crippen molar-refractivity contribution < 1.29 is 28.8 Å². The maximum absolute atomic E-state index is 13.7. The molecule has 0 radical (unpaired) electrons. The van der Waals surface area contributed by atoms with Crippen molar-refractivity contribution in [2.45, 2.75) is 57.5 Å². The summed E-state index contributed by atoms with van der Waals surface area (Å²) >= 11 is 5.92. The van der Waals surface area contributed by atoms with E-state index in [1.54, 1.807) is 0 Å². The molecule has 4 rings (SSSR count). The van der Waals surface area contributed by atoms with Crippen molar-refractivity contribution in [2.24, 2.45) is 0 Å². The highest BCUT2D eigenvalue weighted by Gasteiger charge is 2.47.